The maximum absolute atomic E-state index is 15.3. The van der Waals surface area contributed by atoms with Crippen LogP contribution in [0.4, 0.5) is 8.78 Å². The normalized spacial score (nSPS) is 20.1. The van der Waals surface area contributed by atoms with E-state index in [9.17, 15) is 9.18 Å². The molecule has 0 radical (unpaired) electrons. The summed E-state index contributed by atoms with van der Waals surface area (Å²) < 4.78 is 41.2. The van der Waals surface area contributed by atoms with E-state index in [1.807, 2.05) is 0 Å². The van der Waals surface area contributed by atoms with Crippen molar-refractivity contribution in [2.45, 2.75) is 90.0 Å². The van der Waals surface area contributed by atoms with Gasteiger partial charge in [-0.15, -0.1) is 0 Å². The van der Waals surface area contributed by atoms with E-state index in [4.69, 9.17) is 9.47 Å². The van der Waals surface area contributed by atoms with Crippen LogP contribution in [0.2, 0.25) is 0 Å². The molecule has 1 heterocycles. The number of hydrogen-bond acceptors (Lipinski definition) is 4. The van der Waals surface area contributed by atoms with Crippen molar-refractivity contribution < 1.29 is 23.0 Å². The molecule has 2 aliphatic rings. The summed E-state index contributed by atoms with van der Waals surface area (Å²) in [5, 5.41) is 0. The van der Waals surface area contributed by atoms with Crippen LogP contribution in [0.15, 0.2) is 12.1 Å². The third-order valence-corrected chi connectivity index (χ3v) is 5.83. The highest BCUT2D eigenvalue weighted by molar-refractivity contribution is 5.90. The summed E-state index contributed by atoms with van der Waals surface area (Å²) >= 11 is 0. The van der Waals surface area contributed by atoms with Gasteiger partial charge in [-0.2, -0.15) is 0 Å². The largest absolute Gasteiger partial charge is 0.490 e. The van der Waals surface area contributed by atoms with E-state index < -0.39 is 23.1 Å². The van der Waals surface area contributed by atoms with Gasteiger partial charge in [0.05, 0.1) is 5.56 Å². The molecule has 0 N–H and O–H groups in total. The maximum Gasteiger partial charge on any atom is 0.341 e. The number of carbonyl (C=O) groups is 1. The first-order valence-electron chi connectivity index (χ1n) is 10.9. The SMILES string of the molecule is CC(C)(C)OC(=O)c1cc(C2CC2)c(OCC2(F)CCN(C(C)(C)C)CC2)cc1F. The fourth-order valence-electron chi connectivity index (χ4n) is 3.83. The standard InChI is InChI=1S/C24H35F2NO3/c1-22(2,3)27-11-9-24(26,10-12-27)15-29-20-14-19(25)18(13-17(20)16-7-8-16)21(28)30-23(4,5)6/h13-14,16H,7-12,15H2,1-6H3. The Morgan fingerprint density at radius 2 is 1.73 bits per heavy atom. The number of piperidine rings is 1. The second-order valence-electron chi connectivity index (χ2n) is 10.7. The second-order valence-corrected chi connectivity index (χ2v) is 10.7. The van der Waals surface area contributed by atoms with Crippen LogP contribution < -0.4 is 4.74 Å². The number of alkyl halides is 1. The predicted octanol–water partition coefficient (Wildman–Crippen LogP) is 5.64. The second kappa shape index (κ2) is 8.10. The van der Waals surface area contributed by atoms with Crippen molar-refractivity contribution in [3.05, 3.63) is 29.1 Å². The summed E-state index contributed by atoms with van der Waals surface area (Å²) in [7, 11) is 0. The number of rotatable bonds is 5. The quantitative estimate of drug-likeness (QED) is 0.575. The summed E-state index contributed by atoms with van der Waals surface area (Å²) in [6.45, 7) is 12.9. The van der Waals surface area contributed by atoms with Gasteiger partial charge in [-0.25, -0.2) is 13.6 Å². The Labute approximate surface area is 178 Å². The van der Waals surface area contributed by atoms with E-state index in [-0.39, 0.29) is 23.6 Å². The Morgan fingerprint density at radius 3 is 2.23 bits per heavy atom. The number of nitrogens with zero attached hydrogens (tertiary/aromatic N) is 1. The third-order valence-electron chi connectivity index (χ3n) is 5.83. The lowest BCUT2D eigenvalue weighted by atomic mass is 9.91. The molecule has 0 amide bonds. The van der Waals surface area contributed by atoms with Crippen molar-refractivity contribution in [2.75, 3.05) is 19.7 Å². The number of benzene rings is 1. The number of ether oxygens (including phenoxy) is 2. The molecule has 1 aromatic carbocycles. The molecule has 0 bridgehead atoms. The van der Waals surface area contributed by atoms with Gasteiger partial charge in [0.25, 0.3) is 0 Å². The van der Waals surface area contributed by atoms with Crippen molar-refractivity contribution in [3.8, 4) is 5.75 Å². The Kier molecular flexibility index (Phi) is 6.21. The van der Waals surface area contributed by atoms with Gasteiger partial charge in [0.1, 0.15) is 29.4 Å². The van der Waals surface area contributed by atoms with Gasteiger partial charge in [-0.05, 0) is 84.8 Å². The molecule has 4 nitrogen and oxygen atoms in total. The van der Waals surface area contributed by atoms with E-state index in [0.717, 1.165) is 18.4 Å². The first-order chi connectivity index (χ1) is 13.8. The van der Waals surface area contributed by atoms with Gasteiger partial charge >= 0.3 is 5.97 Å². The Bertz CT molecular complexity index is 783. The zero-order valence-electron chi connectivity index (χ0n) is 19.1. The van der Waals surface area contributed by atoms with Crippen LogP contribution >= 0.6 is 0 Å². The van der Waals surface area contributed by atoms with Crippen LogP contribution in [0, 0.1) is 5.82 Å². The zero-order chi connectivity index (χ0) is 22.3. The summed E-state index contributed by atoms with van der Waals surface area (Å²) in [5.74, 6) is -0.818. The van der Waals surface area contributed by atoms with Gasteiger partial charge < -0.3 is 9.47 Å². The van der Waals surface area contributed by atoms with Crippen molar-refractivity contribution in [2.24, 2.45) is 0 Å². The van der Waals surface area contributed by atoms with Crippen LogP contribution in [0.5, 0.6) is 5.75 Å². The molecule has 1 saturated carbocycles. The average Bonchev–Trinajstić information content (AvgIpc) is 3.43. The fraction of sp³-hybridized carbons (Fsp3) is 0.708. The molecular formula is C24H35F2NO3. The molecule has 1 aromatic rings. The Balaban J connectivity index is 1.72. The van der Waals surface area contributed by atoms with Gasteiger partial charge in [-0.3, -0.25) is 4.90 Å². The molecule has 0 aromatic heterocycles. The van der Waals surface area contributed by atoms with Crippen LogP contribution in [-0.4, -0.2) is 47.4 Å². The van der Waals surface area contributed by atoms with Crippen LogP contribution in [-0.2, 0) is 4.74 Å². The van der Waals surface area contributed by atoms with E-state index in [1.165, 1.54) is 12.1 Å². The first-order valence-corrected chi connectivity index (χ1v) is 10.9. The van der Waals surface area contributed by atoms with E-state index >= 15 is 4.39 Å². The molecule has 1 aliphatic carbocycles. The Morgan fingerprint density at radius 1 is 1.13 bits per heavy atom. The van der Waals surface area contributed by atoms with Crippen molar-refractivity contribution in [1.29, 1.82) is 0 Å². The average molecular weight is 424 g/mol. The molecule has 0 unspecified atom stereocenters. The third kappa shape index (κ3) is 5.71. The van der Waals surface area contributed by atoms with E-state index in [0.29, 0.717) is 31.7 Å². The molecular weight excluding hydrogens is 388 g/mol. The lowest BCUT2D eigenvalue weighted by Crippen LogP contribution is -2.51. The van der Waals surface area contributed by atoms with E-state index in [2.05, 4.69) is 25.7 Å². The summed E-state index contributed by atoms with van der Waals surface area (Å²) in [4.78, 5) is 14.7. The highest BCUT2D eigenvalue weighted by Crippen LogP contribution is 2.45. The van der Waals surface area contributed by atoms with Crippen LogP contribution in [0.25, 0.3) is 0 Å². The number of esters is 1. The molecule has 30 heavy (non-hydrogen) atoms. The van der Waals surface area contributed by atoms with Gasteiger partial charge in [0.2, 0.25) is 0 Å². The minimum Gasteiger partial charge on any atom is -0.490 e. The lowest BCUT2D eigenvalue weighted by molar-refractivity contribution is -0.00987. The predicted molar refractivity (Wildman–Crippen MR) is 113 cm³/mol. The van der Waals surface area contributed by atoms with Crippen molar-refractivity contribution >= 4 is 5.97 Å². The molecule has 0 atom stereocenters. The molecule has 1 aliphatic heterocycles. The number of likely N-dealkylation sites (tertiary alicyclic amines) is 1. The first kappa shape index (κ1) is 23.0. The number of hydrogen-bond donors (Lipinski definition) is 0. The van der Waals surface area contributed by atoms with E-state index in [1.54, 1.807) is 20.8 Å². The molecule has 3 rings (SSSR count). The monoisotopic (exact) mass is 423 g/mol. The summed E-state index contributed by atoms with van der Waals surface area (Å²) in [6, 6.07) is 2.75. The van der Waals surface area contributed by atoms with Gasteiger partial charge in [0, 0.05) is 24.7 Å². The van der Waals surface area contributed by atoms with Crippen LogP contribution in [0.3, 0.4) is 0 Å². The minimum atomic E-state index is -1.43. The van der Waals surface area contributed by atoms with Gasteiger partial charge in [-0.1, -0.05) is 0 Å². The number of halogens is 2. The molecule has 2 fully saturated rings. The van der Waals surface area contributed by atoms with Crippen molar-refractivity contribution in [1.82, 2.24) is 4.90 Å². The molecule has 168 valence electrons. The summed E-state index contributed by atoms with van der Waals surface area (Å²) in [5.41, 5.74) is -1.44. The topological polar surface area (TPSA) is 38.8 Å². The highest BCUT2D eigenvalue weighted by atomic mass is 19.1. The van der Waals surface area contributed by atoms with Crippen molar-refractivity contribution in [3.63, 3.8) is 0 Å². The molecule has 6 heteroatoms. The maximum atomic E-state index is 15.3. The number of carbonyl (C=O) groups excluding carboxylic acids is 1. The Hall–Kier alpha value is -1.69. The molecule has 1 saturated heterocycles. The lowest BCUT2D eigenvalue weighted by Gasteiger charge is -2.43. The fourth-order valence-corrected chi connectivity index (χ4v) is 3.83. The minimum absolute atomic E-state index is 0.0158. The van der Waals surface area contributed by atoms with Gasteiger partial charge in [0.15, 0.2) is 0 Å². The smallest absolute Gasteiger partial charge is 0.341 e. The highest BCUT2D eigenvalue weighted by Gasteiger charge is 2.39. The zero-order valence-corrected chi connectivity index (χ0v) is 19.1. The summed E-state index contributed by atoms with van der Waals surface area (Å²) in [6.07, 6.45) is 2.69. The van der Waals surface area contributed by atoms with Crippen LogP contribution in [0.1, 0.15) is 89.1 Å². The molecule has 0 spiro atoms.